The second-order valence-corrected chi connectivity index (χ2v) is 11.1. The third-order valence-corrected chi connectivity index (χ3v) is 8.18. The van der Waals surface area contributed by atoms with E-state index < -0.39 is 27.9 Å². The van der Waals surface area contributed by atoms with E-state index in [0.29, 0.717) is 37.6 Å². The number of nitrogens with zero attached hydrogens (tertiary/aromatic N) is 3. The molecule has 0 unspecified atom stereocenters. The van der Waals surface area contributed by atoms with Crippen LogP contribution in [0.4, 0.5) is 28.4 Å². The van der Waals surface area contributed by atoms with Crippen LogP contribution in [0.25, 0.3) is 11.3 Å². The lowest BCUT2D eigenvalue weighted by atomic mass is 10.1. The average molecular weight is 586 g/mol. The molecule has 1 heterocycles. The van der Waals surface area contributed by atoms with Gasteiger partial charge in [0.15, 0.2) is 16.7 Å². The van der Waals surface area contributed by atoms with Gasteiger partial charge in [-0.15, -0.1) is 11.3 Å². The quantitative estimate of drug-likeness (QED) is 0.188. The van der Waals surface area contributed by atoms with E-state index in [0.717, 1.165) is 16.2 Å². The maximum Gasteiger partial charge on any atom is 0.409 e. The molecule has 3 aromatic rings. The van der Waals surface area contributed by atoms with E-state index in [2.05, 4.69) is 4.98 Å². The summed E-state index contributed by atoms with van der Waals surface area (Å²) in [6.07, 6.45) is -3.31. The fourth-order valence-electron chi connectivity index (χ4n) is 3.66. The first-order chi connectivity index (χ1) is 18.4. The van der Waals surface area contributed by atoms with Gasteiger partial charge >= 0.3 is 6.18 Å². The van der Waals surface area contributed by atoms with Gasteiger partial charge < -0.3 is 4.74 Å². The number of aromatic nitrogens is 1. The van der Waals surface area contributed by atoms with Gasteiger partial charge in [-0.05, 0) is 55.3 Å². The first-order valence-electron chi connectivity index (χ1n) is 11.9. The molecule has 0 saturated carbocycles. The second kappa shape index (κ2) is 12.7. The van der Waals surface area contributed by atoms with E-state index in [-0.39, 0.29) is 33.2 Å². The van der Waals surface area contributed by atoms with Gasteiger partial charge in [0.1, 0.15) is 0 Å². The highest BCUT2D eigenvalue weighted by Gasteiger charge is 2.27. The third kappa shape index (κ3) is 7.43. The van der Waals surface area contributed by atoms with E-state index in [1.807, 2.05) is 13.8 Å². The second-order valence-electron chi connectivity index (χ2n) is 8.31. The number of thiazole rings is 1. The van der Waals surface area contributed by atoms with Crippen molar-refractivity contribution >= 4 is 38.1 Å². The number of ether oxygens (including phenoxy) is 1. The number of benzene rings is 2. The molecule has 39 heavy (non-hydrogen) atoms. The standard InChI is InChI=1S/C26H27F4N3O4S2/c1-4-14-32(15-5-2)39(35,36)20-9-7-19(8-10-20)33(24(34)12-13-26(28,29)30)25-31-22(17-38-25)18-6-11-23(37-3)21(27)16-18/h6-13,16-17H,4-5,14-15H2,1-3H3. The van der Waals surface area contributed by atoms with Crippen LogP contribution in [0.1, 0.15) is 26.7 Å². The predicted molar refractivity (Wildman–Crippen MR) is 142 cm³/mol. The van der Waals surface area contributed by atoms with Gasteiger partial charge in [-0.25, -0.2) is 17.8 Å². The van der Waals surface area contributed by atoms with E-state index in [9.17, 15) is 30.8 Å². The number of amides is 1. The topological polar surface area (TPSA) is 79.8 Å². The molecule has 1 aromatic heterocycles. The summed E-state index contributed by atoms with van der Waals surface area (Å²) >= 11 is 0.951. The SMILES string of the molecule is CCCN(CCC)S(=O)(=O)c1ccc(N(C(=O)C=CC(F)(F)F)c2nc(-c3ccc(OC)c(F)c3)cs2)cc1. The molecule has 0 aliphatic heterocycles. The molecule has 0 fully saturated rings. The van der Waals surface area contributed by atoms with E-state index in [1.54, 1.807) is 6.07 Å². The van der Waals surface area contributed by atoms with Gasteiger partial charge in [0, 0.05) is 36.2 Å². The van der Waals surface area contributed by atoms with Crippen LogP contribution in [-0.2, 0) is 14.8 Å². The van der Waals surface area contributed by atoms with Crippen molar-refractivity contribution in [3.8, 4) is 17.0 Å². The van der Waals surface area contributed by atoms with E-state index in [1.165, 1.54) is 53.2 Å². The van der Waals surface area contributed by atoms with E-state index in [4.69, 9.17) is 4.74 Å². The zero-order valence-corrected chi connectivity index (χ0v) is 23.0. The summed E-state index contributed by atoms with van der Waals surface area (Å²) in [6, 6.07) is 9.39. The summed E-state index contributed by atoms with van der Waals surface area (Å²) in [4.78, 5) is 18.2. The molecular formula is C26H27F4N3O4S2. The Hall–Kier alpha value is -3.29. The van der Waals surface area contributed by atoms with Crippen LogP contribution in [0.2, 0.25) is 0 Å². The first kappa shape index (κ1) is 30.3. The summed E-state index contributed by atoms with van der Waals surface area (Å²) in [6.45, 7) is 4.39. The van der Waals surface area contributed by atoms with Crippen LogP contribution in [0.3, 0.4) is 0 Å². The molecule has 3 rings (SSSR count). The Kier molecular flexibility index (Phi) is 9.86. The Morgan fingerprint density at radius 2 is 1.72 bits per heavy atom. The predicted octanol–water partition coefficient (Wildman–Crippen LogP) is 6.55. The average Bonchev–Trinajstić information content (AvgIpc) is 3.37. The molecular weight excluding hydrogens is 558 g/mol. The smallest absolute Gasteiger partial charge is 0.409 e. The van der Waals surface area contributed by atoms with Crippen LogP contribution in [0.5, 0.6) is 5.75 Å². The molecule has 0 aliphatic rings. The lowest BCUT2D eigenvalue weighted by Crippen LogP contribution is -2.32. The number of alkyl halides is 3. The fraction of sp³-hybridized carbons (Fsp3) is 0.308. The van der Waals surface area contributed by atoms with E-state index >= 15 is 0 Å². The number of anilines is 2. The van der Waals surface area contributed by atoms with Crippen molar-refractivity contribution in [3.05, 3.63) is 65.8 Å². The van der Waals surface area contributed by atoms with Crippen molar-refractivity contribution in [1.82, 2.24) is 9.29 Å². The number of hydrogen-bond donors (Lipinski definition) is 0. The summed E-state index contributed by atoms with van der Waals surface area (Å²) < 4.78 is 85.1. The van der Waals surface area contributed by atoms with Crippen LogP contribution < -0.4 is 9.64 Å². The molecule has 7 nitrogen and oxygen atoms in total. The number of allylic oxidation sites excluding steroid dienone is 1. The Balaban J connectivity index is 2.02. The Bertz CT molecular complexity index is 1420. The molecule has 13 heteroatoms. The van der Waals surface area contributed by atoms with Gasteiger partial charge in [0.25, 0.3) is 5.91 Å². The molecule has 210 valence electrons. The van der Waals surface area contributed by atoms with Gasteiger partial charge in [-0.1, -0.05) is 13.8 Å². The third-order valence-electron chi connectivity index (χ3n) is 5.44. The Labute approximate surface area is 228 Å². The summed E-state index contributed by atoms with van der Waals surface area (Å²) in [7, 11) is -2.50. The van der Waals surface area contributed by atoms with Crippen LogP contribution in [-0.4, -0.2) is 50.0 Å². The number of halogens is 4. The van der Waals surface area contributed by atoms with Crippen LogP contribution in [0.15, 0.2) is 64.9 Å². The van der Waals surface area contributed by atoms with Crippen molar-refractivity contribution in [3.63, 3.8) is 0 Å². The van der Waals surface area contributed by atoms with Gasteiger partial charge in [0.05, 0.1) is 23.4 Å². The number of methoxy groups -OCH3 is 1. The highest BCUT2D eigenvalue weighted by Crippen LogP contribution is 2.34. The number of carbonyl (C=O) groups excluding carboxylic acids is 1. The highest BCUT2D eigenvalue weighted by atomic mass is 32.2. The Morgan fingerprint density at radius 1 is 1.08 bits per heavy atom. The molecule has 0 spiro atoms. The van der Waals surface area contributed by atoms with Gasteiger partial charge in [-0.2, -0.15) is 17.5 Å². The molecule has 0 saturated heterocycles. The normalized spacial score (nSPS) is 12.3. The number of hydrogen-bond acceptors (Lipinski definition) is 6. The summed E-state index contributed by atoms with van der Waals surface area (Å²) in [5.74, 6) is -1.67. The zero-order valence-electron chi connectivity index (χ0n) is 21.4. The lowest BCUT2D eigenvalue weighted by molar-refractivity contribution is -0.114. The fourth-order valence-corrected chi connectivity index (χ4v) is 6.15. The molecule has 0 bridgehead atoms. The van der Waals surface area contributed by atoms with Crippen molar-refractivity contribution in [2.75, 3.05) is 25.1 Å². The van der Waals surface area contributed by atoms with Gasteiger partial charge in [0.2, 0.25) is 10.0 Å². The molecule has 0 atom stereocenters. The largest absolute Gasteiger partial charge is 0.494 e. The van der Waals surface area contributed by atoms with Crippen molar-refractivity contribution in [2.45, 2.75) is 37.8 Å². The number of sulfonamides is 1. The minimum absolute atomic E-state index is 0.00671. The molecule has 0 N–H and O–H groups in total. The first-order valence-corrected chi connectivity index (χ1v) is 14.2. The van der Waals surface area contributed by atoms with Gasteiger partial charge in [-0.3, -0.25) is 9.69 Å². The number of carbonyl (C=O) groups is 1. The van der Waals surface area contributed by atoms with Crippen LogP contribution >= 0.6 is 11.3 Å². The Morgan fingerprint density at radius 3 is 2.26 bits per heavy atom. The molecule has 0 aliphatic carbocycles. The summed E-state index contributed by atoms with van der Waals surface area (Å²) in [5, 5.41) is 1.53. The maximum atomic E-state index is 14.2. The van der Waals surface area contributed by atoms with Crippen molar-refractivity contribution in [2.24, 2.45) is 0 Å². The molecule has 2 aromatic carbocycles. The zero-order chi connectivity index (χ0) is 28.8. The summed E-state index contributed by atoms with van der Waals surface area (Å²) in [5.41, 5.74) is 0.746. The molecule has 1 amide bonds. The van der Waals surface area contributed by atoms with Crippen molar-refractivity contribution < 1.29 is 35.5 Å². The maximum absolute atomic E-state index is 14.2. The highest BCUT2D eigenvalue weighted by molar-refractivity contribution is 7.89. The molecule has 0 radical (unpaired) electrons. The minimum atomic E-state index is -4.73. The minimum Gasteiger partial charge on any atom is -0.494 e. The monoisotopic (exact) mass is 585 g/mol. The lowest BCUT2D eigenvalue weighted by Gasteiger charge is -2.22. The van der Waals surface area contributed by atoms with Crippen LogP contribution in [0, 0.1) is 5.82 Å². The van der Waals surface area contributed by atoms with Crippen molar-refractivity contribution in [1.29, 1.82) is 0 Å². The number of rotatable bonds is 11.